The number of halogens is 3. The zero-order chi connectivity index (χ0) is 22.0. The van der Waals surface area contributed by atoms with Crippen LogP contribution in [0.4, 0.5) is 18.9 Å². The van der Waals surface area contributed by atoms with Gasteiger partial charge >= 0.3 is 6.18 Å². The average Bonchev–Trinajstić information content (AvgIpc) is 2.78. The first kappa shape index (κ1) is 21.0. The molecule has 0 spiro atoms. The summed E-state index contributed by atoms with van der Waals surface area (Å²) >= 11 is 0. The Morgan fingerprint density at radius 2 is 1.65 bits per heavy atom. The Morgan fingerprint density at radius 1 is 0.935 bits per heavy atom. The monoisotopic (exact) mass is 425 g/mol. The molecule has 0 radical (unpaired) electrons. The van der Waals surface area contributed by atoms with Crippen molar-refractivity contribution in [2.45, 2.75) is 31.9 Å². The number of aryl methyl sites for hydroxylation is 2. The third-order valence-electron chi connectivity index (χ3n) is 5.60. The molecule has 31 heavy (non-hydrogen) atoms. The van der Waals surface area contributed by atoms with Crippen molar-refractivity contribution in [1.82, 2.24) is 0 Å². The Morgan fingerprint density at radius 3 is 2.32 bits per heavy atom. The Balaban J connectivity index is 1.68. The van der Waals surface area contributed by atoms with Crippen LogP contribution < -0.4 is 10.1 Å². The van der Waals surface area contributed by atoms with Crippen molar-refractivity contribution in [2.24, 2.45) is 0 Å². The highest BCUT2D eigenvalue weighted by atomic mass is 19.4. The van der Waals surface area contributed by atoms with E-state index in [1.807, 2.05) is 18.2 Å². The molecule has 0 unspecified atom stereocenters. The van der Waals surface area contributed by atoms with E-state index in [1.165, 1.54) is 36.8 Å². The van der Waals surface area contributed by atoms with E-state index in [-0.39, 0.29) is 5.91 Å². The fraction of sp³-hybridized carbons (Fsp3) is 0.240. The Labute approximate surface area is 178 Å². The fourth-order valence-corrected chi connectivity index (χ4v) is 4.02. The standard InChI is InChI=1S/C25H22F3NO2/c1-31-22-8-4-7-21(23(22)17-9-12-19(13-10-17)25(26,27)28)24(30)29-20-14-11-16-5-2-3-6-18(16)15-20/h4,7-15H,2-3,5-6H2,1H3,(H,29,30). The molecule has 0 atom stereocenters. The lowest BCUT2D eigenvalue weighted by Gasteiger charge is -2.18. The predicted octanol–water partition coefficient (Wildman–Crippen LogP) is 6.51. The van der Waals surface area contributed by atoms with Crippen LogP contribution in [0.2, 0.25) is 0 Å². The minimum absolute atomic E-state index is 0.330. The number of alkyl halides is 3. The number of hydrogen-bond donors (Lipinski definition) is 1. The SMILES string of the molecule is COc1cccc(C(=O)Nc2ccc3c(c2)CCCC3)c1-c1ccc(C(F)(F)F)cc1. The predicted molar refractivity (Wildman–Crippen MR) is 114 cm³/mol. The van der Waals surface area contributed by atoms with Gasteiger partial charge in [0.25, 0.3) is 5.91 Å². The summed E-state index contributed by atoms with van der Waals surface area (Å²) < 4.78 is 44.3. The molecule has 0 aliphatic heterocycles. The van der Waals surface area contributed by atoms with Gasteiger partial charge in [-0.05, 0) is 78.8 Å². The van der Waals surface area contributed by atoms with Crippen LogP contribution in [0.3, 0.4) is 0 Å². The molecule has 4 rings (SSSR count). The number of fused-ring (bicyclic) bond motifs is 1. The zero-order valence-corrected chi connectivity index (χ0v) is 17.1. The summed E-state index contributed by atoms with van der Waals surface area (Å²) in [6.07, 6.45) is -0.0597. The van der Waals surface area contributed by atoms with E-state index >= 15 is 0 Å². The number of hydrogen-bond acceptors (Lipinski definition) is 2. The third kappa shape index (κ3) is 4.43. The van der Waals surface area contributed by atoms with Gasteiger partial charge in [0.15, 0.2) is 0 Å². The molecule has 160 valence electrons. The van der Waals surface area contributed by atoms with Crippen molar-refractivity contribution in [3.63, 3.8) is 0 Å². The molecule has 1 N–H and O–H groups in total. The summed E-state index contributed by atoms with van der Waals surface area (Å²) in [5.74, 6) is 0.0717. The number of rotatable bonds is 4. The van der Waals surface area contributed by atoms with E-state index in [4.69, 9.17) is 4.74 Å². The fourth-order valence-electron chi connectivity index (χ4n) is 4.02. The van der Waals surface area contributed by atoms with Crippen LogP contribution in [0.5, 0.6) is 5.75 Å². The summed E-state index contributed by atoms with van der Waals surface area (Å²) in [5.41, 5.74) is 3.78. The largest absolute Gasteiger partial charge is 0.496 e. The summed E-state index contributed by atoms with van der Waals surface area (Å²) in [6.45, 7) is 0. The number of carbonyl (C=O) groups excluding carboxylic acids is 1. The van der Waals surface area contributed by atoms with Crippen LogP contribution in [-0.2, 0) is 19.0 Å². The highest BCUT2D eigenvalue weighted by molar-refractivity contribution is 6.09. The maximum absolute atomic E-state index is 13.1. The summed E-state index contributed by atoms with van der Waals surface area (Å²) in [4.78, 5) is 13.1. The molecule has 1 aliphatic carbocycles. The van der Waals surface area contributed by atoms with Crippen molar-refractivity contribution in [2.75, 3.05) is 12.4 Å². The van der Waals surface area contributed by atoms with Gasteiger partial charge in [-0.15, -0.1) is 0 Å². The minimum Gasteiger partial charge on any atom is -0.496 e. The van der Waals surface area contributed by atoms with Crippen molar-refractivity contribution in [3.05, 3.63) is 82.9 Å². The van der Waals surface area contributed by atoms with Gasteiger partial charge in [-0.2, -0.15) is 13.2 Å². The van der Waals surface area contributed by atoms with E-state index in [0.29, 0.717) is 28.1 Å². The molecule has 1 amide bonds. The number of carbonyl (C=O) groups is 1. The van der Waals surface area contributed by atoms with Gasteiger partial charge in [0.1, 0.15) is 5.75 Å². The van der Waals surface area contributed by atoms with Crippen molar-refractivity contribution < 1.29 is 22.7 Å². The number of anilines is 1. The van der Waals surface area contributed by atoms with Crippen LogP contribution >= 0.6 is 0 Å². The van der Waals surface area contributed by atoms with Crippen molar-refractivity contribution in [1.29, 1.82) is 0 Å². The van der Waals surface area contributed by atoms with E-state index in [1.54, 1.807) is 18.2 Å². The van der Waals surface area contributed by atoms with Gasteiger partial charge in [0.05, 0.1) is 18.2 Å². The number of benzene rings is 3. The number of methoxy groups -OCH3 is 1. The van der Waals surface area contributed by atoms with Gasteiger partial charge in [-0.25, -0.2) is 0 Å². The lowest BCUT2D eigenvalue weighted by Crippen LogP contribution is -2.14. The molecule has 3 aromatic rings. The molecule has 0 fully saturated rings. The first-order chi connectivity index (χ1) is 14.9. The Hall–Kier alpha value is -3.28. The summed E-state index contributed by atoms with van der Waals surface area (Å²) in [5, 5.41) is 2.93. The van der Waals surface area contributed by atoms with Crippen molar-refractivity contribution >= 4 is 11.6 Å². The smallest absolute Gasteiger partial charge is 0.416 e. The van der Waals surface area contributed by atoms with Crippen LogP contribution in [0.1, 0.15) is 39.9 Å². The van der Waals surface area contributed by atoms with Gasteiger partial charge in [-0.3, -0.25) is 4.79 Å². The molecule has 6 heteroatoms. The maximum Gasteiger partial charge on any atom is 0.416 e. The molecule has 0 aromatic heterocycles. The van der Waals surface area contributed by atoms with E-state index in [2.05, 4.69) is 5.32 Å². The molecule has 3 nitrogen and oxygen atoms in total. The van der Waals surface area contributed by atoms with E-state index in [0.717, 1.165) is 31.4 Å². The Kier molecular flexibility index (Phi) is 5.72. The molecule has 0 bridgehead atoms. The van der Waals surface area contributed by atoms with Gasteiger partial charge in [0, 0.05) is 11.3 Å². The topological polar surface area (TPSA) is 38.3 Å². The Bertz CT molecular complexity index is 1100. The van der Waals surface area contributed by atoms with Gasteiger partial charge in [-0.1, -0.05) is 24.3 Å². The zero-order valence-electron chi connectivity index (χ0n) is 17.1. The van der Waals surface area contributed by atoms with Crippen LogP contribution in [0, 0.1) is 0 Å². The summed E-state index contributed by atoms with van der Waals surface area (Å²) in [7, 11) is 1.47. The van der Waals surface area contributed by atoms with Crippen LogP contribution in [0.15, 0.2) is 60.7 Å². The lowest BCUT2D eigenvalue weighted by molar-refractivity contribution is -0.137. The van der Waals surface area contributed by atoms with E-state index in [9.17, 15) is 18.0 Å². The molecule has 0 saturated carbocycles. The van der Waals surface area contributed by atoms with E-state index < -0.39 is 11.7 Å². The quantitative estimate of drug-likeness (QED) is 0.517. The van der Waals surface area contributed by atoms with Crippen LogP contribution in [0.25, 0.3) is 11.1 Å². The average molecular weight is 425 g/mol. The molecule has 3 aromatic carbocycles. The second-order valence-corrected chi connectivity index (χ2v) is 7.60. The number of amides is 1. The van der Waals surface area contributed by atoms with Crippen LogP contribution in [-0.4, -0.2) is 13.0 Å². The highest BCUT2D eigenvalue weighted by Gasteiger charge is 2.30. The molecule has 0 saturated heterocycles. The third-order valence-corrected chi connectivity index (χ3v) is 5.60. The normalized spacial score (nSPS) is 13.4. The number of ether oxygens (including phenoxy) is 1. The first-order valence-electron chi connectivity index (χ1n) is 10.1. The minimum atomic E-state index is -4.42. The molecule has 0 heterocycles. The van der Waals surface area contributed by atoms with Gasteiger partial charge < -0.3 is 10.1 Å². The highest BCUT2D eigenvalue weighted by Crippen LogP contribution is 2.36. The second-order valence-electron chi connectivity index (χ2n) is 7.60. The number of nitrogens with one attached hydrogen (secondary N) is 1. The second kappa shape index (κ2) is 8.46. The van der Waals surface area contributed by atoms with Crippen molar-refractivity contribution in [3.8, 4) is 16.9 Å². The molecular formula is C25H22F3NO2. The summed E-state index contributed by atoms with van der Waals surface area (Å²) in [6, 6.07) is 15.7. The molecule has 1 aliphatic rings. The molecular weight excluding hydrogens is 403 g/mol. The lowest BCUT2D eigenvalue weighted by atomic mass is 9.91. The first-order valence-corrected chi connectivity index (χ1v) is 10.1. The van der Waals surface area contributed by atoms with Gasteiger partial charge in [0.2, 0.25) is 0 Å². The maximum atomic E-state index is 13.1.